The molecule has 0 aromatic heterocycles. The van der Waals surface area contributed by atoms with E-state index in [1.807, 2.05) is 45.0 Å². The fourth-order valence-corrected chi connectivity index (χ4v) is 3.84. The Bertz CT molecular complexity index is 827. The molecular formula is C22H27BrFNO3. The molecule has 0 radical (unpaired) electrons. The van der Waals surface area contributed by atoms with Crippen LogP contribution in [0.3, 0.4) is 0 Å². The standard InChI is InChI=1S/C22H27BrFNO3/c1-5-25-16-9-10-19-17(12-16)20(26-6-2)21(22(3,4)28-19)27-13-14-7-8-15(23)11-18(14)24/h7-12,20-21,25H,5-6,13H2,1-4H3. The van der Waals surface area contributed by atoms with Gasteiger partial charge in [-0.05, 0) is 58.0 Å². The minimum absolute atomic E-state index is 0.141. The second-order valence-electron chi connectivity index (χ2n) is 7.33. The first-order chi connectivity index (χ1) is 13.4. The SMILES string of the molecule is CCNc1ccc2c(c1)C(OCC)C(OCc1ccc(Br)cc1F)C(C)(C)O2. The fourth-order valence-electron chi connectivity index (χ4n) is 3.51. The highest BCUT2D eigenvalue weighted by Crippen LogP contribution is 2.44. The number of rotatable bonds is 7. The predicted octanol–water partition coefficient (Wildman–Crippen LogP) is 5.85. The molecule has 0 saturated carbocycles. The summed E-state index contributed by atoms with van der Waals surface area (Å²) >= 11 is 3.28. The lowest BCUT2D eigenvalue weighted by molar-refractivity contribution is -0.166. The number of benzene rings is 2. The van der Waals surface area contributed by atoms with Gasteiger partial charge in [0.25, 0.3) is 0 Å². The normalized spacial score (nSPS) is 20.4. The third kappa shape index (κ3) is 4.50. The summed E-state index contributed by atoms with van der Waals surface area (Å²) in [5, 5.41) is 3.32. The average Bonchev–Trinajstić information content (AvgIpc) is 2.63. The van der Waals surface area contributed by atoms with E-state index in [0.717, 1.165) is 23.5 Å². The van der Waals surface area contributed by atoms with Crippen molar-refractivity contribution in [3.05, 3.63) is 57.8 Å². The van der Waals surface area contributed by atoms with E-state index in [4.69, 9.17) is 14.2 Å². The van der Waals surface area contributed by atoms with Crippen LogP contribution in [0.2, 0.25) is 0 Å². The van der Waals surface area contributed by atoms with Crippen LogP contribution in [-0.4, -0.2) is 24.9 Å². The van der Waals surface area contributed by atoms with Crippen molar-refractivity contribution in [1.82, 2.24) is 0 Å². The summed E-state index contributed by atoms with van der Waals surface area (Å²) in [6.07, 6.45) is -0.694. The largest absolute Gasteiger partial charge is 0.485 e. The summed E-state index contributed by atoms with van der Waals surface area (Å²) in [6, 6.07) is 11.0. The minimum atomic E-state index is -0.627. The number of halogens is 2. The number of ether oxygens (including phenoxy) is 3. The maximum Gasteiger partial charge on any atom is 0.132 e. The third-order valence-corrected chi connectivity index (χ3v) is 5.30. The molecule has 152 valence electrons. The Morgan fingerprint density at radius 1 is 1.14 bits per heavy atom. The molecule has 28 heavy (non-hydrogen) atoms. The van der Waals surface area contributed by atoms with Crippen LogP contribution in [0.5, 0.6) is 5.75 Å². The molecule has 6 heteroatoms. The van der Waals surface area contributed by atoms with E-state index in [9.17, 15) is 4.39 Å². The van der Waals surface area contributed by atoms with E-state index in [2.05, 4.69) is 28.2 Å². The topological polar surface area (TPSA) is 39.7 Å². The molecule has 2 atom stereocenters. The van der Waals surface area contributed by atoms with Crippen LogP contribution in [0, 0.1) is 5.82 Å². The highest BCUT2D eigenvalue weighted by atomic mass is 79.9. The van der Waals surface area contributed by atoms with Crippen LogP contribution < -0.4 is 10.1 Å². The molecule has 1 heterocycles. The minimum Gasteiger partial charge on any atom is -0.485 e. The second kappa shape index (κ2) is 8.80. The molecule has 0 spiro atoms. The van der Waals surface area contributed by atoms with Crippen LogP contribution in [0.4, 0.5) is 10.1 Å². The zero-order valence-corrected chi connectivity index (χ0v) is 18.3. The van der Waals surface area contributed by atoms with Crippen molar-refractivity contribution >= 4 is 21.6 Å². The monoisotopic (exact) mass is 451 g/mol. The van der Waals surface area contributed by atoms with E-state index in [-0.39, 0.29) is 24.6 Å². The molecule has 2 aromatic carbocycles. The average molecular weight is 452 g/mol. The van der Waals surface area contributed by atoms with E-state index in [1.165, 1.54) is 6.07 Å². The smallest absolute Gasteiger partial charge is 0.132 e. The Morgan fingerprint density at radius 2 is 1.93 bits per heavy atom. The van der Waals surface area contributed by atoms with Crippen LogP contribution >= 0.6 is 15.9 Å². The van der Waals surface area contributed by atoms with E-state index in [0.29, 0.717) is 16.6 Å². The molecule has 1 N–H and O–H groups in total. The summed E-state index contributed by atoms with van der Waals surface area (Å²) in [4.78, 5) is 0. The molecule has 3 rings (SSSR count). The highest BCUT2D eigenvalue weighted by Gasteiger charge is 2.45. The van der Waals surface area contributed by atoms with Gasteiger partial charge in [0.1, 0.15) is 29.4 Å². The molecule has 0 saturated heterocycles. The van der Waals surface area contributed by atoms with Gasteiger partial charge in [0.2, 0.25) is 0 Å². The van der Waals surface area contributed by atoms with Gasteiger partial charge in [-0.3, -0.25) is 0 Å². The maximum absolute atomic E-state index is 14.2. The quantitative estimate of drug-likeness (QED) is 0.572. The van der Waals surface area contributed by atoms with Gasteiger partial charge in [-0.25, -0.2) is 4.39 Å². The molecule has 0 bridgehead atoms. The van der Waals surface area contributed by atoms with E-state index < -0.39 is 5.60 Å². The molecule has 1 aliphatic rings. The van der Waals surface area contributed by atoms with Crippen molar-refractivity contribution in [3.63, 3.8) is 0 Å². The van der Waals surface area contributed by atoms with E-state index >= 15 is 0 Å². The van der Waals surface area contributed by atoms with Gasteiger partial charge in [-0.1, -0.05) is 22.0 Å². The van der Waals surface area contributed by atoms with Gasteiger partial charge in [0.15, 0.2) is 0 Å². The van der Waals surface area contributed by atoms with Gasteiger partial charge in [-0.15, -0.1) is 0 Å². The summed E-state index contributed by atoms with van der Waals surface area (Å²) in [5.41, 5.74) is 1.83. The lowest BCUT2D eigenvalue weighted by atomic mass is 9.87. The van der Waals surface area contributed by atoms with Crippen LogP contribution in [0.15, 0.2) is 40.9 Å². The van der Waals surface area contributed by atoms with Gasteiger partial charge in [0.05, 0.1) is 6.61 Å². The molecule has 0 amide bonds. The highest BCUT2D eigenvalue weighted by molar-refractivity contribution is 9.10. The van der Waals surface area contributed by atoms with Crippen molar-refractivity contribution in [3.8, 4) is 5.75 Å². The number of fused-ring (bicyclic) bond motifs is 1. The number of hydrogen-bond donors (Lipinski definition) is 1. The summed E-state index contributed by atoms with van der Waals surface area (Å²) in [5.74, 6) is 0.492. The van der Waals surface area contributed by atoms with Gasteiger partial charge >= 0.3 is 0 Å². The van der Waals surface area contributed by atoms with Crippen molar-refractivity contribution in [2.45, 2.75) is 52.1 Å². The molecule has 1 aliphatic heterocycles. The van der Waals surface area contributed by atoms with Crippen molar-refractivity contribution in [2.75, 3.05) is 18.5 Å². The lowest BCUT2D eigenvalue weighted by Gasteiger charge is -2.44. The summed E-state index contributed by atoms with van der Waals surface area (Å²) < 4.78 is 33.5. The summed E-state index contributed by atoms with van der Waals surface area (Å²) in [7, 11) is 0. The van der Waals surface area contributed by atoms with Crippen LogP contribution in [0.25, 0.3) is 0 Å². The Hall–Kier alpha value is -1.63. The molecule has 0 aliphatic carbocycles. The zero-order valence-electron chi connectivity index (χ0n) is 16.7. The Labute approximate surface area is 174 Å². The zero-order chi connectivity index (χ0) is 20.3. The number of hydrogen-bond acceptors (Lipinski definition) is 4. The van der Waals surface area contributed by atoms with Crippen molar-refractivity contribution in [1.29, 1.82) is 0 Å². The third-order valence-electron chi connectivity index (χ3n) is 4.81. The second-order valence-corrected chi connectivity index (χ2v) is 8.25. The fraction of sp³-hybridized carbons (Fsp3) is 0.455. The Kier molecular flexibility index (Phi) is 6.63. The van der Waals surface area contributed by atoms with Crippen molar-refractivity contribution in [2.24, 2.45) is 0 Å². The Balaban J connectivity index is 1.90. The van der Waals surface area contributed by atoms with E-state index in [1.54, 1.807) is 6.07 Å². The molecule has 4 nitrogen and oxygen atoms in total. The summed E-state index contributed by atoms with van der Waals surface area (Å²) in [6.45, 7) is 9.47. The lowest BCUT2D eigenvalue weighted by Crippen LogP contribution is -2.51. The molecule has 0 fully saturated rings. The predicted molar refractivity (Wildman–Crippen MR) is 112 cm³/mol. The first kappa shape index (κ1) is 21.1. The van der Waals surface area contributed by atoms with Gasteiger partial charge < -0.3 is 19.5 Å². The first-order valence-electron chi connectivity index (χ1n) is 9.59. The van der Waals surface area contributed by atoms with Crippen LogP contribution in [0.1, 0.15) is 44.9 Å². The molecular weight excluding hydrogens is 425 g/mol. The first-order valence-corrected chi connectivity index (χ1v) is 10.4. The number of nitrogens with one attached hydrogen (secondary N) is 1. The van der Waals surface area contributed by atoms with Gasteiger partial charge in [0, 0.05) is 34.4 Å². The van der Waals surface area contributed by atoms with Crippen LogP contribution in [-0.2, 0) is 16.1 Å². The van der Waals surface area contributed by atoms with Crippen molar-refractivity contribution < 1.29 is 18.6 Å². The molecule has 2 unspecified atom stereocenters. The van der Waals surface area contributed by atoms with Gasteiger partial charge in [-0.2, -0.15) is 0 Å². The maximum atomic E-state index is 14.2. The Morgan fingerprint density at radius 3 is 2.61 bits per heavy atom. The molecule has 2 aromatic rings. The number of anilines is 1.